The van der Waals surface area contributed by atoms with E-state index in [1.807, 2.05) is 6.08 Å². The summed E-state index contributed by atoms with van der Waals surface area (Å²) in [6.07, 6.45) is 42.3. The van der Waals surface area contributed by atoms with Gasteiger partial charge in [0.25, 0.3) is 0 Å². The van der Waals surface area contributed by atoms with Gasteiger partial charge in [0.05, 0.1) is 32.0 Å². The van der Waals surface area contributed by atoms with Gasteiger partial charge in [0.1, 0.15) is 48.8 Å². The Bertz CT molecular complexity index is 1390. The molecule has 2 aliphatic rings. The monoisotopic (exact) mass is 1100 g/mol. The van der Waals surface area contributed by atoms with E-state index in [-0.39, 0.29) is 18.9 Å². The van der Waals surface area contributed by atoms with Crippen LogP contribution in [0, 0.1) is 0 Å². The van der Waals surface area contributed by atoms with E-state index in [9.17, 15) is 45.6 Å². The number of allylic oxidation sites excluding steroid dienone is 3. The zero-order chi connectivity index (χ0) is 56.0. The van der Waals surface area contributed by atoms with Crippen molar-refractivity contribution < 1.29 is 64.6 Å². The van der Waals surface area contributed by atoms with E-state index in [4.69, 9.17) is 18.9 Å². The number of aliphatic hydroxyl groups excluding tert-OH is 8. The van der Waals surface area contributed by atoms with Crippen LogP contribution in [0.4, 0.5) is 0 Å². The molecule has 2 rings (SSSR count). The Morgan fingerprint density at radius 2 is 0.831 bits per heavy atom. The minimum absolute atomic E-state index is 0.244. The second-order valence-corrected chi connectivity index (χ2v) is 22.9. The van der Waals surface area contributed by atoms with Crippen LogP contribution >= 0.6 is 0 Å². The van der Waals surface area contributed by atoms with Crippen molar-refractivity contribution in [2.75, 3.05) is 19.8 Å². The van der Waals surface area contributed by atoms with Crippen LogP contribution in [0.2, 0.25) is 0 Å². The number of aliphatic hydroxyl groups is 8. The topological polar surface area (TPSA) is 228 Å². The minimum Gasteiger partial charge on any atom is -0.394 e. The van der Waals surface area contributed by atoms with Gasteiger partial charge < -0.3 is 65.1 Å². The zero-order valence-corrected chi connectivity index (χ0v) is 49.0. The van der Waals surface area contributed by atoms with Gasteiger partial charge in [-0.1, -0.05) is 263 Å². The van der Waals surface area contributed by atoms with Gasteiger partial charge in [0, 0.05) is 6.42 Å². The minimum atomic E-state index is -1.79. The third kappa shape index (κ3) is 34.5. The molecule has 14 nitrogen and oxygen atoms in total. The van der Waals surface area contributed by atoms with Gasteiger partial charge in [-0.05, 0) is 32.1 Å². The maximum Gasteiger partial charge on any atom is 0.220 e. The average molecular weight is 1100 g/mol. The van der Waals surface area contributed by atoms with Gasteiger partial charge in [-0.25, -0.2) is 0 Å². The second-order valence-electron chi connectivity index (χ2n) is 22.9. The molecule has 9 N–H and O–H groups in total. The maximum absolute atomic E-state index is 13.3. The van der Waals surface area contributed by atoms with Gasteiger partial charge in [-0.3, -0.25) is 4.79 Å². The molecule has 0 spiro atoms. The van der Waals surface area contributed by atoms with Gasteiger partial charge in [0.2, 0.25) is 5.91 Å². The largest absolute Gasteiger partial charge is 0.394 e. The van der Waals surface area contributed by atoms with Gasteiger partial charge in [0.15, 0.2) is 12.6 Å². The highest BCUT2D eigenvalue weighted by atomic mass is 16.7. The van der Waals surface area contributed by atoms with E-state index in [0.717, 1.165) is 32.1 Å². The molecule has 0 radical (unpaired) electrons. The summed E-state index contributed by atoms with van der Waals surface area (Å²) >= 11 is 0. The molecule has 2 saturated heterocycles. The fourth-order valence-electron chi connectivity index (χ4n) is 10.7. The van der Waals surface area contributed by atoms with Crippen LogP contribution in [-0.2, 0) is 23.7 Å². The summed E-state index contributed by atoms with van der Waals surface area (Å²) in [7, 11) is 0. The van der Waals surface area contributed by atoms with Crippen molar-refractivity contribution >= 4 is 5.91 Å². The summed E-state index contributed by atoms with van der Waals surface area (Å²) in [5.74, 6) is -0.244. The molecule has 12 unspecified atom stereocenters. The number of ether oxygens (including phenoxy) is 4. The highest BCUT2D eigenvalue weighted by Crippen LogP contribution is 2.30. The van der Waals surface area contributed by atoms with E-state index in [0.29, 0.717) is 12.8 Å². The molecular formula is C63H119NO13. The van der Waals surface area contributed by atoms with Crippen LogP contribution in [0.3, 0.4) is 0 Å². The zero-order valence-electron chi connectivity index (χ0n) is 49.0. The summed E-state index contributed by atoms with van der Waals surface area (Å²) in [6.45, 7) is 2.82. The summed E-state index contributed by atoms with van der Waals surface area (Å²) in [6, 6.07) is -0.928. The van der Waals surface area contributed by atoms with Crippen LogP contribution in [0.25, 0.3) is 0 Å². The molecule has 454 valence electrons. The van der Waals surface area contributed by atoms with E-state index < -0.39 is 86.8 Å². The Kier molecular flexibility index (Phi) is 45.7. The lowest BCUT2D eigenvalue weighted by molar-refractivity contribution is -0.359. The smallest absolute Gasteiger partial charge is 0.220 e. The fourth-order valence-corrected chi connectivity index (χ4v) is 10.7. The summed E-state index contributed by atoms with van der Waals surface area (Å²) < 4.78 is 22.8. The lowest BCUT2D eigenvalue weighted by atomic mass is 9.97. The average Bonchev–Trinajstić information content (AvgIpc) is 3.43. The molecule has 0 aromatic rings. The lowest BCUT2D eigenvalue weighted by Crippen LogP contribution is -2.65. The number of hydrogen-bond donors (Lipinski definition) is 9. The number of amides is 1. The first kappa shape index (κ1) is 71.6. The molecule has 0 aromatic heterocycles. The summed E-state index contributed by atoms with van der Waals surface area (Å²) in [4.78, 5) is 13.3. The molecule has 0 saturated carbocycles. The first-order chi connectivity index (χ1) is 37.6. The van der Waals surface area contributed by atoms with Crippen molar-refractivity contribution in [3.63, 3.8) is 0 Å². The summed E-state index contributed by atoms with van der Waals surface area (Å²) in [5.41, 5.74) is 0. The predicted octanol–water partition coefficient (Wildman–Crippen LogP) is 11.6. The Morgan fingerprint density at radius 1 is 0.455 bits per heavy atom. The van der Waals surface area contributed by atoms with Crippen LogP contribution in [0.15, 0.2) is 24.3 Å². The Labute approximate surface area is 468 Å². The Morgan fingerprint density at radius 3 is 1.27 bits per heavy atom. The molecule has 2 aliphatic heterocycles. The standard InChI is InChI=1S/C63H119NO13/c1-3-5-7-9-11-13-15-17-19-21-22-23-24-25-26-27-28-29-31-32-34-36-38-40-42-44-46-52(67)51(64-55(68)47-45-43-41-39-37-35-33-30-20-18-16-14-12-10-8-6-4-2)50-74-62-60(73)58(71)61(54(49-66)76-62)77-63-59(72)57(70)56(69)53(48-65)75-63/h36,38,44,46,51-54,56-63,65-67,69-73H,3-35,37,39-43,45,47-50H2,1-2H3,(H,64,68)/b38-36+,46-44+. The third-order valence-corrected chi connectivity index (χ3v) is 15.9. The molecule has 1 amide bonds. The highest BCUT2D eigenvalue weighted by Gasteiger charge is 2.51. The highest BCUT2D eigenvalue weighted by molar-refractivity contribution is 5.76. The molecule has 12 atom stereocenters. The number of rotatable bonds is 52. The number of carbonyl (C=O) groups is 1. The van der Waals surface area contributed by atoms with Gasteiger partial charge in [-0.15, -0.1) is 0 Å². The number of nitrogens with one attached hydrogen (secondary N) is 1. The summed E-state index contributed by atoms with van der Waals surface area (Å²) in [5, 5.41) is 87.2. The van der Waals surface area contributed by atoms with Crippen molar-refractivity contribution in [2.45, 2.75) is 351 Å². The molecular weight excluding hydrogens is 979 g/mol. The van der Waals surface area contributed by atoms with E-state index in [1.165, 1.54) is 212 Å². The van der Waals surface area contributed by atoms with E-state index in [1.54, 1.807) is 6.08 Å². The molecule has 0 bridgehead atoms. The quantitative estimate of drug-likeness (QED) is 0.0204. The van der Waals surface area contributed by atoms with Crippen LogP contribution < -0.4 is 5.32 Å². The van der Waals surface area contributed by atoms with Gasteiger partial charge in [-0.2, -0.15) is 0 Å². The number of carbonyl (C=O) groups excluding carboxylic acids is 1. The van der Waals surface area contributed by atoms with Crippen molar-refractivity contribution in [1.82, 2.24) is 5.32 Å². The van der Waals surface area contributed by atoms with Crippen LogP contribution in [-0.4, -0.2) is 140 Å². The SMILES string of the molecule is CCCCCCCCCCCCCCCCCCCCCC/C=C/CC/C=C/C(O)C(COC1OC(CO)C(OC2OC(CO)C(O)C(O)C2O)C(O)C1O)NC(=O)CCCCCCCCCCCCCCCCCCC. The molecule has 0 aromatic carbocycles. The van der Waals surface area contributed by atoms with Gasteiger partial charge >= 0.3 is 0 Å². The van der Waals surface area contributed by atoms with E-state index >= 15 is 0 Å². The first-order valence-electron chi connectivity index (χ1n) is 32.1. The number of unbranched alkanes of at least 4 members (excludes halogenated alkanes) is 37. The maximum atomic E-state index is 13.3. The Hall–Kier alpha value is -1.53. The predicted molar refractivity (Wildman–Crippen MR) is 309 cm³/mol. The first-order valence-corrected chi connectivity index (χ1v) is 32.1. The Balaban J connectivity index is 1.74. The third-order valence-electron chi connectivity index (χ3n) is 15.9. The molecule has 0 aliphatic carbocycles. The van der Waals surface area contributed by atoms with Crippen molar-refractivity contribution in [3.05, 3.63) is 24.3 Å². The molecule has 77 heavy (non-hydrogen) atoms. The number of hydrogen-bond acceptors (Lipinski definition) is 13. The molecule has 2 heterocycles. The fraction of sp³-hybridized carbons (Fsp3) is 0.921. The van der Waals surface area contributed by atoms with E-state index in [2.05, 4.69) is 31.3 Å². The molecule has 2 fully saturated rings. The van der Waals surface area contributed by atoms with Crippen molar-refractivity contribution in [3.8, 4) is 0 Å². The van der Waals surface area contributed by atoms with Crippen LogP contribution in [0.5, 0.6) is 0 Å². The second kappa shape index (κ2) is 49.1. The van der Waals surface area contributed by atoms with Crippen LogP contribution in [0.1, 0.15) is 277 Å². The molecule has 14 heteroatoms. The van der Waals surface area contributed by atoms with Crippen molar-refractivity contribution in [2.24, 2.45) is 0 Å². The van der Waals surface area contributed by atoms with Crippen molar-refractivity contribution in [1.29, 1.82) is 0 Å². The normalized spacial score (nSPS) is 24.8. The lowest BCUT2D eigenvalue weighted by Gasteiger charge is -2.46.